The van der Waals surface area contributed by atoms with Crippen LogP contribution in [0.25, 0.3) is 0 Å². The van der Waals surface area contributed by atoms with Gasteiger partial charge in [-0.2, -0.15) is 0 Å². The highest BCUT2D eigenvalue weighted by Gasteiger charge is 2.67. The summed E-state index contributed by atoms with van der Waals surface area (Å²) in [5.74, 6) is -1.57. The van der Waals surface area contributed by atoms with Crippen LogP contribution in [0.3, 0.4) is 0 Å². The first-order valence-corrected chi connectivity index (χ1v) is 9.98. The van der Waals surface area contributed by atoms with Crippen molar-refractivity contribution < 1.29 is 19.1 Å². The lowest BCUT2D eigenvalue weighted by Crippen LogP contribution is -2.32. The molecule has 1 N–H and O–H groups in total. The summed E-state index contributed by atoms with van der Waals surface area (Å²) in [6.07, 6.45) is 0.635. The molecule has 1 aliphatic carbocycles. The number of hydrogen-bond acceptors (Lipinski definition) is 2. The monoisotopic (exact) mass is 421 g/mol. The van der Waals surface area contributed by atoms with Gasteiger partial charge in [0.05, 0.1) is 22.5 Å². The second-order valence-electron chi connectivity index (χ2n) is 7.82. The zero-order valence-corrected chi connectivity index (χ0v) is 16.6. The van der Waals surface area contributed by atoms with E-state index in [2.05, 4.69) is 0 Å². The molecule has 1 amide bonds. The van der Waals surface area contributed by atoms with Crippen LogP contribution in [0.4, 0.5) is 10.1 Å². The average Bonchev–Trinajstić information content (AvgIpc) is 3.46. The van der Waals surface area contributed by atoms with E-state index in [0.717, 1.165) is 22.4 Å². The molecule has 5 rings (SSSR count). The predicted octanol–water partition coefficient (Wildman–Crippen LogP) is 5.15. The standard InChI is InChI=1S/C24H17ClFNO3/c25-19-11-15(8-9-20(19)26)18-12-24(18)17-6-1-2-7-21(17)27(23(24)30)13-14-4-3-5-16(10-14)22(28)29/h1-11,18H,12-13H2,(H,28,29)/t18?,24-/m0/s1. The molecule has 2 aliphatic rings. The third-order valence-electron chi connectivity index (χ3n) is 6.12. The molecule has 30 heavy (non-hydrogen) atoms. The molecule has 3 aromatic rings. The Morgan fingerprint density at radius 3 is 2.70 bits per heavy atom. The minimum atomic E-state index is -1.00. The van der Waals surface area contributed by atoms with Crippen LogP contribution in [-0.2, 0) is 16.8 Å². The van der Waals surface area contributed by atoms with Gasteiger partial charge in [0, 0.05) is 11.6 Å². The fourth-order valence-corrected chi connectivity index (χ4v) is 4.81. The molecule has 1 aliphatic heterocycles. The molecule has 3 aromatic carbocycles. The van der Waals surface area contributed by atoms with Crippen molar-refractivity contribution in [1.29, 1.82) is 0 Å². The van der Waals surface area contributed by atoms with Crippen molar-refractivity contribution in [3.05, 3.63) is 99.8 Å². The number of nitrogens with zero attached hydrogens (tertiary/aromatic N) is 1. The third-order valence-corrected chi connectivity index (χ3v) is 6.41. The number of anilines is 1. The van der Waals surface area contributed by atoms with Crippen LogP contribution >= 0.6 is 11.6 Å². The second kappa shape index (κ2) is 6.67. The Labute approximate surface area is 177 Å². The van der Waals surface area contributed by atoms with Gasteiger partial charge in [0.15, 0.2) is 0 Å². The zero-order chi connectivity index (χ0) is 21.0. The average molecular weight is 422 g/mol. The maximum atomic E-state index is 13.6. The van der Waals surface area contributed by atoms with Crippen LogP contribution in [0.15, 0.2) is 66.7 Å². The van der Waals surface area contributed by atoms with Gasteiger partial charge in [0.2, 0.25) is 5.91 Å². The van der Waals surface area contributed by atoms with Crippen molar-refractivity contribution in [1.82, 2.24) is 0 Å². The Balaban J connectivity index is 1.52. The van der Waals surface area contributed by atoms with Crippen LogP contribution in [0.5, 0.6) is 0 Å². The number of amides is 1. The highest BCUT2D eigenvalue weighted by molar-refractivity contribution is 6.30. The lowest BCUT2D eigenvalue weighted by atomic mass is 9.92. The van der Waals surface area contributed by atoms with Gasteiger partial charge >= 0.3 is 5.97 Å². The molecule has 150 valence electrons. The quantitative estimate of drug-likeness (QED) is 0.633. The van der Waals surface area contributed by atoms with E-state index in [9.17, 15) is 19.1 Å². The number of aromatic carboxylic acids is 1. The largest absolute Gasteiger partial charge is 0.478 e. The SMILES string of the molecule is O=C(O)c1cccc(CN2C(=O)[C@@]3(CC3c3ccc(F)c(Cl)c3)c3ccccc32)c1. The van der Waals surface area contributed by atoms with Crippen molar-refractivity contribution in [3.63, 3.8) is 0 Å². The third kappa shape index (κ3) is 2.73. The summed E-state index contributed by atoms with van der Waals surface area (Å²) in [4.78, 5) is 26.6. The first kappa shape index (κ1) is 18.8. The first-order valence-electron chi connectivity index (χ1n) is 9.60. The van der Waals surface area contributed by atoms with Gasteiger partial charge in [0.25, 0.3) is 0 Å². The summed E-state index contributed by atoms with van der Waals surface area (Å²) in [7, 11) is 0. The first-order chi connectivity index (χ1) is 14.4. The van der Waals surface area contributed by atoms with Crippen molar-refractivity contribution in [2.45, 2.75) is 24.3 Å². The van der Waals surface area contributed by atoms with Gasteiger partial charge in [-0.25, -0.2) is 9.18 Å². The Morgan fingerprint density at radius 1 is 1.13 bits per heavy atom. The molecule has 1 spiro atoms. The van der Waals surface area contributed by atoms with E-state index in [1.165, 1.54) is 12.1 Å². The van der Waals surface area contributed by atoms with E-state index >= 15 is 0 Å². The molecular formula is C24H17ClFNO3. The second-order valence-corrected chi connectivity index (χ2v) is 8.22. The molecule has 0 radical (unpaired) electrons. The summed E-state index contributed by atoms with van der Waals surface area (Å²) in [5, 5.41) is 9.31. The number of para-hydroxylation sites is 1. The van der Waals surface area contributed by atoms with E-state index in [0.29, 0.717) is 6.42 Å². The number of carbonyl (C=O) groups excluding carboxylic acids is 1. The van der Waals surface area contributed by atoms with Gasteiger partial charge in [-0.1, -0.05) is 48.0 Å². The number of rotatable bonds is 4. The zero-order valence-electron chi connectivity index (χ0n) is 15.8. The van der Waals surface area contributed by atoms with Crippen LogP contribution in [0.2, 0.25) is 5.02 Å². The van der Waals surface area contributed by atoms with E-state index < -0.39 is 17.2 Å². The van der Waals surface area contributed by atoms with Crippen LogP contribution in [-0.4, -0.2) is 17.0 Å². The molecule has 0 aromatic heterocycles. The van der Waals surface area contributed by atoms with E-state index in [4.69, 9.17) is 11.6 Å². The van der Waals surface area contributed by atoms with E-state index in [1.54, 1.807) is 29.2 Å². The molecule has 1 unspecified atom stereocenters. The van der Waals surface area contributed by atoms with Crippen molar-refractivity contribution >= 4 is 29.2 Å². The Kier molecular flexibility index (Phi) is 4.19. The fraction of sp³-hybridized carbons (Fsp3) is 0.167. The number of carbonyl (C=O) groups is 2. The smallest absolute Gasteiger partial charge is 0.335 e. The highest BCUT2D eigenvalue weighted by Crippen LogP contribution is 2.66. The molecule has 6 heteroatoms. The van der Waals surface area contributed by atoms with Crippen molar-refractivity contribution in [2.24, 2.45) is 0 Å². The summed E-state index contributed by atoms with van der Waals surface area (Å²) >= 11 is 5.98. The Hall–Kier alpha value is -3.18. The molecule has 1 saturated carbocycles. The Bertz CT molecular complexity index is 1210. The van der Waals surface area contributed by atoms with Crippen molar-refractivity contribution in [2.75, 3.05) is 4.90 Å². The van der Waals surface area contributed by atoms with Gasteiger partial charge in [-0.05, 0) is 53.4 Å². The number of carboxylic acid groups (broad SMARTS) is 1. The molecule has 1 heterocycles. The van der Waals surface area contributed by atoms with Crippen LogP contribution in [0, 0.1) is 5.82 Å². The van der Waals surface area contributed by atoms with E-state index in [1.807, 2.05) is 30.3 Å². The fourth-order valence-electron chi connectivity index (χ4n) is 4.62. The number of halogens is 2. The number of benzene rings is 3. The summed E-state index contributed by atoms with van der Waals surface area (Å²) in [6.45, 7) is 0.287. The van der Waals surface area contributed by atoms with Gasteiger partial charge in [-0.15, -0.1) is 0 Å². The molecule has 4 nitrogen and oxygen atoms in total. The minimum Gasteiger partial charge on any atom is -0.478 e. The lowest BCUT2D eigenvalue weighted by molar-refractivity contribution is -0.120. The molecule has 2 atom stereocenters. The summed E-state index contributed by atoms with van der Waals surface area (Å²) in [5.41, 5.74) is 2.89. The maximum absolute atomic E-state index is 13.6. The maximum Gasteiger partial charge on any atom is 0.335 e. The normalized spacial score (nSPS) is 21.7. The lowest BCUT2D eigenvalue weighted by Gasteiger charge is -2.19. The number of hydrogen-bond donors (Lipinski definition) is 1. The minimum absolute atomic E-state index is 0.0186. The van der Waals surface area contributed by atoms with Crippen molar-refractivity contribution in [3.8, 4) is 0 Å². The van der Waals surface area contributed by atoms with E-state index in [-0.39, 0.29) is 29.0 Å². The topological polar surface area (TPSA) is 57.6 Å². The highest BCUT2D eigenvalue weighted by atomic mass is 35.5. The van der Waals surface area contributed by atoms with Crippen LogP contribution in [0.1, 0.15) is 39.4 Å². The molecular weight excluding hydrogens is 405 g/mol. The van der Waals surface area contributed by atoms with Crippen LogP contribution < -0.4 is 4.90 Å². The Morgan fingerprint density at radius 2 is 1.93 bits per heavy atom. The summed E-state index contributed by atoms with van der Waals surface area (Å²) < 4.78 is 13.6. The van der Waals surface area contributed by atoms with Gasteiger partial charge < -0.3 is 10.0 Å². The number of carboxylic acids is 1. The number of fused-ring (bicyclic) bond motifs is 2. The van der Waals surface area contributed by atoms with Gasteiger partial charge in [-0.3, -0.25) is 4.79 Å². The predicted molar refractivity (Wildman–Crippen MR) is 111 cm³/mol. The summed E-state index contributed by atoms with van der Waals surface area (Å²) in [6, 6.07) is 18.9. The molecule has 0 saturated heterocycles. The van der Waals surface area contributed by atoms with Gasteiger partial charge in [0.1, 0.15) is 5.82 Å². The molecule has 1 fully saturated rings. The molecule has 0 bridgehead atoms.